The lowest BCUT2D eigenvalue weighted by molar-refractivity contribution is -0.122. The Labute approximate surface area is 170 Å². The van der Waals surface area contributed by atoms with Crippen LogP contribution in [0.15, 0.2) is 24.3 Å². The molecule has 0 spiro atoms. The first kappa shape index (κ1) is 24.4. The number of hydrogen-bond donors (Lipinski definition) is 2. The van der Waals surface area contributed by atoms with Gasteiger partial charge < -0.3 is 29.6 Å². The maximum atomic E-state index is 11.8. The molecule has 0 saturated carbocycles. The number of carbonyl (C=O) groups excluding carboxylic acids is 4. The van der Waals surface area contributed by atoms with Gasteiger partial charge in [-0.3, -0.25) is 14.4 Å². The van der Waals surface area contributed by atoms with Gasteiger partial charge in [-0.1, -0.05) is 0 Å². The molecule has 9 nitrogen and oxygen atoms in total. The van der Waals surface area contributed by atoms with Gasteiger partial charge in [0.05, 0.1) is 46.1 Å². The van der Waals surface area contributed by atoms with Gasteiger partial charge in [0.15, 0.2) is 0 Å². The van der Waals surface area contributed by atoms with Crippen LogP contribution in [0, 0.1) is 0 Å². The molecule has 0 unspecified atom stereocenters. The lowest BCUT2D eigenvalue weighted by Crippen LogP contribution is -2.27. The highest BCUT2D eigenvalue weighted by Gasteiger charge is 2.03. The molecule has 0 radical (unpaired) electrons. The van der Waals surface area contributed by atoms with Gasteiger partial charge >= 0.3 is 0 Å². The van der Waals surface area contributed by atoms with E-state index in [-0.39, 0.29) is 37.7 Å². The zero-order chi connectivity index (χ0) is 21.2. The second-order valence-corrected chi connectivity index (χ2v) is 5.93. The van der Waals surface area contributed by atoms with Crippen LogP contribution in [-0.2, 0) is 28.6 Å². The average Bonchev–Trinajstić information content (AvgIpc) is 2.73. The van der Waals surface area contributed by atoms with Crippen molar-refractivity contribution in [3.8, 4) is 0 Å². The Bertz CT molecular complexity index is 620. The van der Waals surface area contributed by atoms with E-state index >= 15 is 0 Å². The molecular weight excluding hydrogens is 380 g/mol. The van der Waals surface area contributed by atoms with Gasteiger partial charge in [0.1, 0.15) is 12.6 Å². The minimum Gasteiger partial charge on any atom is -0.379 e. The summed E-state index contributed by atoms with van der Waals surface area (Å²) < 4.78 is 16.0. The first-order valence-corrected chi connectivity index (χ1v) is 9.44. The second kappa shape index (κ2) is 16.3. The number of hydrogen-bond acceptors (Lipinski definition) is 7. The highest BCUT2D eigenvalue weighted by molar-refractivity contribution is 5.91. The van der Waals surface area contributed by atoms with Crippen LogP contribution < -0.4 is 10.6 Å². The van der Waals surface area contributed by atoms with Crippen LogP contribution in [0.25, 0.3) is 0 Å². The summed E-state index contributed by atoms with van der Waals surface area (Å²) in [4.78, 5) is 43.7. The third-order valence-electron chi connectivity index (χ3n) is 3.61. The predicted molar refractivity (Wildman–Crippen MR) is 106 cm³/mol. The summed E-state index contributed by atoms with van der Waals surface area (Å²) in [5.74, 6) is -0.338. The molecule has 0 fully saturated rings. The molecule has 1 aromatic carbocycles. The van der Waals surface area contributed by atoms with Crippen LogP contribution >= 0.6 is 0 Å². The van der Waals surface area contributed by atoms with E-state index in [1.165, 1.54) is 0 Å². The molecule has 0 aliphatic heterocycles. The van der Waals surface area contributed by atoms with Crippen molar-refractivity contribution in [3.63, 3.8) is 0 Å². The maximum absolute atomic E-state index is 11.8. The van der Waals surface area contributed by atoms with E-state index in [1.807, 2.05) is 0 Å². The fourth-order valence-corrected chi connectivity index (χ4v) is 2.12. The minimum absolute atomic E-state index is 0.168. The normalized spacial score (nSPS) is 10.3. The Balaban J connectivity index is 1.88. The summed E-state index contributed by atoms with van der Waals surface area (Å²) in [5.41, 5.74) is 1.18. The van der Waals surface area contributed by atoms with Crippen molar-refractivity contribution in [2.24, 2.45) is 0 Å². The number of aldehydes is 2. The average molecular weight is 408 g/mol. The smallest absolute Gasteiger partial charge is 0.226 e. The van der Waals surface area contributed by atoms with Crippen molar-refractivity contribution < 1.29 is 33.4 Å². The van der Waals surface area contributed by atoms with Crippen LogP contribution in [-0.4, -0.2) is 70.6 Å². The Morgan fingerprint density at radius 1 is 0.793 bits per heavy atom. The fraction of sp³-hybridized carbons (Fsp3) is 0.500. The zero-order valence-corrected chi connectivity index (χ0v) is 16.4. The van der Waals surface area contributed by atoms with E-state index in [2.05, 4.69) is 10.6 Å². The molecule has 1 aromatic rings. The molecule has 1 rings (SSSR count). The number of amides is 2. The summed E-state index contributed by atoms with van der Waals surface area (Å²) in [5, 5.41) is 5.36. The monoisotopic (exact) mass is 408 g/mol. The quantitative estimate of drug-likeness (QED) is 0.291. The Kier molecular flexibility index (Phi) is 13.8. The van der Waals surface area contributed by atoms with Crippen LogP contribution in [0.4, 0.5) is 5.69 Å². The molecule has 2 N–H and O–H groups in total. The summed E-state index contributed by atoms with van der Waals surface area (Å²) in [6.07, 6.45) is 2.10. The largest absolute Gasteiger partial charge is 0.379 e. The molecule has 0 aliphatic rings. The van der Waals surface area contributed by atoms with Crippen molar-refractivity contribution in [3.05, 3.63) is 29.8 Å². The van der Waals surface area contributed by atoms with E-state index in [9.17, 15) is 19.2 Å². The van der Waals surface area contributed by atoms with Gasteiger partial charge in [0.2, 0.25) is 11.8 Å². The molecule has 0 aromatic heterocycles. The lowest BCUT2D eigenvalue weighted by atomic mass is 10.2. The third-order valence-corrected chi connectivity index (χ3v) is 3.61. The summed E-state index contributed by atoms with van der Waals surface area (Å²) in [6, 6.07) is 6.60. The van der Waals surface area contributed by atoms with Crippen LogP contribution in [0.1, 0.15) is 29.6 Å². The topological polar surface area (TPSA) is 120 Å². The van der Waals surface area contributed by atoms with E-state index in [1.54, 1.807) is 24.3 Å². The first-order valence-electron chi connectivity index (χ1n) is 9.44. The number of nitrogens with one attached hydrogen (secondary N) is 2. The Hall–Kier alpha value is -2.62. The van der Waals surface area contributed by atoms with Crippen molar-refractivity contribution in [1.82, 2.24) is 5.32 Å². The van der Waals surface area contributed by atoms with Crippen molar-refractivity contribution in [2.75, 3.05) is 51.5 Å². The number of ether oxygens (including phenoxy) is 3. The molecule has 160 valence electrons. The Morgan fingerprint density at radius 2 is 1.41 bits per heavy atom. The van der Waals surface area contributed by atoms with E-state index in [0.717, 1.165) is 6.29 Å². The fourth-order valence-electron chi connectivity index (χ4n) is 2.12. The van der Waals surface area contributed by atoms with Crippen LogP contribution in [0.3, 0.4) is 0 Å². The molecule has 0 atom stereocenters. The summed E-state index contributed by atoms with van der Waals surface area (Å²) >= 11 is 0. The van der Waals surface area contributed by atoms with Gasteiger partial charge in [0.25, 0.3) is 0 Å². The molecule has 29 heavy (non-hydrogen) atoms. The molecule has 0 bridgehead atoms. The van der Waals surface area contributed by atoms with Gasteiger partial charge in [-0.2, -0.15) is 0 Å². The summed E-state index contributed by atoms with van der Waals surface area (Å²) in [6.45, 7) is 2.61. The molecule has 0 heterocycles. The van der Waals surface area contributed by atoms with Crippen molar-refractivity contribution in [2.45, 2.75) is 19.3 Å². The predicted octanol–water partition coefficient (Wildman–Crippen LogP) is 0.973. The number of rotatable bonds is 17. The molecule has 2 amide bonds. The van der Waals surface area contributed by atoms with Crippen molar-refractivity contribution in [1.29, 1.82) is 0 Å². The van der Waals surface area contributed by atoms with Crippen LogP contribution in [0.2, 0.25) is 0 Å². The lowest BCUT2D eigenvalue weighted by Gasteiger charge is -2.08. The number of carbonyl (C=O) groups is 4. The second-order valence-electron chi connectivity index (χ2n) is 5.93. The molecule has 0 aliphatic carbocycles. The minimum atomic E-state index is -0.170. The zero-order valence-electron chi connectivity index (χ0n) is 16.4. The van der Waals surface area contributed by atoms with Gasteiger partial charge in [-0.15, -0.1) is 0 Å². The first-order chi connectivity index (χ1) is 14.2. The maximum Gasteiger partial charge on any atom is 0.226 e. The number of anilines is 1. The van der Waals surface area contributed by atoms with Crippen LogP contribution in [0.5, 0.6) is 0 Å². The van der Waals surface area contributed by atoms with Gasteiger partial charge in [-0.05, 0) is 24.3 Å². The van der Waals surface area contributed by atoms with Gasteiger partial charge in [-0.25, -0.2) is 0 Å². The van der Waals surface area contributed by atoms with Crippen molar-refractivity contribution >= 4 is 30.1 Å². The molecule has 9 heteroatoms. The highest BCUT2D eigenvalue weighted by atomic mass is 16.5. The molecule has 0 saturated heterocycles. The third kappa shape index (κ3) is 13.2. The van der Waals surface area contributed by atoms with E-state index in [4.69, 9.17) is 14.2 Å². The van der Waals surface area contributed by atoms with E-state index in [0.29, 0.717) is 57.1 Å². The summed E-state index contributed by atoms with van der Waals surface area (Å²) in [7, 11) is 0. The Morgan fingerprint density at radius 3 is 2.03 bits per heavy atom. The molecular formula is C20H28N2O7. The standard InChI is InChI=1S/C20H28N2O7/c23-9-1-2-19(25)21-8-11-28-13-15-29-14-12-27-10-7-20(26)22-18-5-3-17(16-24)4-6-18/h3-6,9,16H,1-2,7-8,10-15H2,(H,21,25)(H,22,26). The van der Waals surface area contributed by atoms with E-state index < -0.39 is 0 Å². The SMILES string of the molecule is O=CCCC(=O)NCCOCCOCCOCCC(=O)Nc1ccc(C=O)cc1. The van der Waals surface area contributed by atoms with Gasteiger partial charge in [0, 0.05) is 30.6 Å². The number of benzene rings is 1. The highest BCUT2D eigenvalue weighted by Crippen LogP contribution is 2.08.